The third-order valence-corrected chi connectivity index (χ3v) is 4.25. The zero-order chi connectivity index (χ0) is 15.4. The molecule has 0 aromatic heterocycles. The monoisotopic (exact) mass is 350 g/mol. The van der Waals surface area contributed by atoms with Crippen LogP contribution in [0.25, 0.3) is 0 Å². The van der Waals surface area contributed by atoms with Gasteiger partial charge in [0.1, 0.15) is 0 Å². The fourth-order valence-electron chi connectivity index (χ4n) is 2.76. The first-order chi connectivity index (χ1) is 10.7. The SMILES string of the molecule is Cl.O=C(C1CCNC1)N(Cc1ccc(Cl)cc1)c1ccccc1. The lowest BCUT2D eigenvalue weighted by Crippen LogP contribution is -2.36. The van der Waals surface area contributed by atoms with Gasteiger partial charge in [0.15, 0.2) is 0 Å². The van der Waals surface area contributed by atoms with Gasteiger partial charge < -0.3 is 10.2 Å². The second-order valence-corrected chi connectivity index (χ2v) is 6.01. The third-order valence-electron chi connectivity index (χ3n) is 4.00. The summed E-state index contributed by atoms with van der Waals surface area (Å²) in [6, 6.07) is 17.5. The van der Waals surface area contributed by atoms with Gasteiger partial charge in [0.05, 0.1) is 12.5 Å². The number of benzene rings is 2. The highest BCUT2D eigenvalue weighted by molar-refractivity contribution is 6.30. The second-order valence-electron chi connectivity index (χ2n) is 5.58. The van der Waals surface area contributed by atoms with Crippen molar-refractivity contribution in [3.63, 3.8) is 0 Å². The lowest BCUT2D eigenvalue weighted by atomic mass is 10.1. The predicted octanol–water partition coefficient (Wildman–Crippen LogP) is 3.90. The number of carbonyl (C=O) groups excluding carboxylic acids is 1. The first-order valence-electron chi connectivity index (χ1n) is 7.55. The molecule has 1 aliphatic rings. The summed E-state index contributed by atoms with van der Waals surface area (Å²) < 4.78 is 0. The highest BCUT2D eigenvalue weighted by Gasteiger charge is 2.28. The van der Waals surface area contributed by atoms with Gasteiger partial charge in [0, 0.05) is 17.3 Å². The molecule has 1 amide bonds. The van der Waals surface area contributed by atoms with Crippen molar-refractivity contribution in [2.75, 3.05) is 18.0 Å². The number of anilines is 1. The van der Waals surface area contributed by atoms with Crippen molar-refractivity contribution < 1.29 is 4.79 Å². The predicted molar refractivity (Wildman–Crippen MR) is 97.3 cm³/mol. The Morgan fingerprint density at radius 1 is 1.13 bits per heavy atom. The van der Waals surface area contributed by atoms with E-state index in [1.807, 2.05) is 59.5 Å². The van der Waals surface area contributed by atoms with E-state index in [4.69, 9.17) is 11.6 Å². The summed E-state index contributed by atoms with van der Waals surface area (Å²) >= 11 is 5.94. The van der Waals surface area contributed by atoms with Crippen molar-refractivity contribution in [2.24, 2.45) is 5.92 Å². The maximum Gasteiger partial charge on any atom is 0.231 e. The van der Waals surface area contributed by atoms with Crippen LogP contribution in [-0.2, 0) is 11.3 Å². The quantitative estimate of drug-likeness (QED) is 0.906. The summed E-state index contributed by atoms with van der Waals surface area (Å²) in [4.78, 5) is 14.8. The molecular formula is C18H20Cl2N2O. The minimum absolute atomic E-state index is 0. The smallest absolute Gasteiger partial charge is 0.231 e. The van der Waals surface area contributed by atoms with Gasteiger partial charge in [-0.2, -0.15) is 0 Å². The molecule has 5 heteroatoms. The van der Waals surface area contributed by atoms with Crippen LogP contribution in [-0.4, -0.2) is 19.0 Å². The summed E-state index contributed by atoms with van der Waals surface area (Å²) in [5, 5.41) is 3.98. The Morgan fingerprint density at radius 2 is 1.83 bits per heavy atom. The zero-order valence-corrected chi connectivity index (χ0v) is 14.3. The Kier molecular flexibility index (Phi) is 6.46. The minimum atomic E-state index is 0. The van der Waals surface area contributed by atoms with Crippen molar-refractivity contribution in [3.05, 3.63) is 65.2 Å². The molecule has 1 aliphatic heterocycles. The molecule has 0 saturated carbocycles. The molecule has 1 fully saturated rings. The van der Waals surface area contributed by atoms with Crippen molar-refractivity contribution >= 4 is 35.6 Å². The van der Waals surface area contributed by atoms with E-state index in [1.165, 1.54) is 0 Å². The number of para-hydroxylation sites is 1. The highest BCUT2D eigenvalue weighted by atomic mass is 35.5. The topological polar surface area (TPSA) is 32.3 Å². The van der Waals surface area contributed by atoms with Crippen LogP contribution >= 0.6 is 24.0 Å². The van der Waals surface area contributed by atoms with Crippen LogP contribution < -0.4 is 10.2 Å². The van der Waals surface area contributed by atoms with Gasteiger partial charge in [-0.3, -0.25) is 4.79 Å². The molecule has 0 aliphatic carbocycles. The molecule has 0 bridgehead atoms. The van der Waals surface area contributed by atoms with Crippen LogP contribution in [0.3, 0.4) is 0 Å². The summed E-state index contributed by atoms with van der Waals surface area (Å²) in [5.74, 6) is 0.249. The van der Waals surface area contributed by atoms with Crippen LogP contribution in [0.2, 0.25) is 5.02 Å². The number of carbonyl (C=O) groups is 1. The molecule has 1 saturated heterocycles. The highest BCUT2D eigenvalue weighted by Crippen LogP contribution is 2.22. The number of nitrogens with zero attached hydrogens (tertiary/aromatic N) is 1. The van der Waals surface area contributed by atoms with E-state index in [2.05, 4.69) is 5.32 Å². The van der Waals surface area contributed by atoms with Gasteiger partial charge in [-0.25, -0.2) is 0 Å². The van der Waals surface area contributed by atoms with E-state index in [0.29, 0.717) is 11.6 Å². The van der Waals surface area contributed by atoms with Crippen LogP contribution in [0.15, 0.2) is 54.6 Å². The van der Waals surface area contributed by atoms with Crippen LogP contribution in [0.1, 0.15) is 12.0 Å². The molecule has 2 aromatic carbocycles. The van der Waals surface area contributed by atoms with Gasteiger partial charge in [0.2, 0.25) is 5.91 Å². The van der Waals surface area contributed by atoms with Crippen molar-refractivity contribution in [1.82, 2.24) is 5.32 Å². The molecule has 23 heavy (non-hydrogen) atoms. The van der Waals surface area contributed by atoms with Crippen molar-refractivity contribution in [1.29, 1.82) is 0 Å². The Balaban J connectivity index is 0.00000192. The Hall–Kier alpha value is -1.55. The fourth-order valence-corrected chi connectivity index (χ4v) is 2.89. The number of amides is 1. The zero-order valence-electron chi connectivity index (χ0n) is 12.7. The number of rotatable bonds is 4. The molecule has 1 unspecified atom stereocenters. The molecule has 1 heterocycles. The third kappa shape index (κ3) is 4.47. The second kappa shape index (κ2) is 8.34. The maximum absolute atomic E-state index is 12.9. The van der Waals surface area contributed by atoms with Crippen molar-refractivity contribution in [3.8, 4) is 0 Å². The average Bonchev–Trinajstić information content (AvgIpc) is 3.09. The molecule has 0 spiro atoms. The van der Waals surface area contributed by atoms with E-state index >= 15 is 0 Å². The van der Waals surface area contributed by atoms with E-state index < -0.39 is 0 Å². The van der Waals surface area contributed by atoms with Crippen LogP contribution in [0.5, 0.6) is 0 Å². The molecule has 3 nitrogen and oxygen atoms in total. The van der Waals surface area contributed by atoms with E-state index in [-0.39, 0.29) is 24.2 Å². The normalized spacial score (nSPS) is 16.7. The molecule has 2 aromatic rings. The first-order valence-corrected chi connectivity index (χ1v) is 7.93. The number of hydrogen-bond donors (Lipinski definition) is 1. The number of hydrogen-bond acceptors (Lipinski definition) is 2. The van der Waals surface area contributed by atoms with Gasteiger partial charge >= 0.3 is 0 Å². The lowest BCUT2D eigenvalue weighted by molar-refractivity contribution is -0.122. The Bertz CT molecular complexity index is 625. The molecular weight excluding hydrogens is 331 g/mol. The Labute approximate surface area is 148 Å². The minimum Gasteiger partial charge on any atom is -0.316 e. The first kappa shape index (κ1) is 17.8. The standard InChI is InChI=1S/C18H19ClN2O.ClH/c19-16-8-6-14(7-9-16)13-21(17-4-2-1-3-5-17)18(22)15-10-11-20-12-15;/h1-9,15,20H,10-13H2;1H. The van der Waals surface area contributed by atoms with Gasteiger partial charge in [0.25, 0.3) is 0 Å². The maximum atomic E-state index is 12.9. The van der Waals surface area contributed by atoms with E-state index in [0.717, 1.165) is 30.8 Å². The average molecular weight is 351 g/mol. The van der Waals surface area contributed by atoms with Gasteiger partial charge in [-0.15, -0.1) is 12.4 Å². The van der Waals surface area contributed by atoms with Crippen LogP contribution in [0, 0.1) is 5.92 Å². The summed E-state index contributed by atoms with van der Waals surface area (Å²) in [5.41, 5.74) is 2.02. The largest absolute Gasteiger partial charge is 0.316 e. The van der Waals surface area contributed by atoms with E-state index in [1.54, 1.807) is 0 Å². The molecule has 1 atom stereocenters. The molecule has 0 radical (unpaired) electrons. The van der Waals surface area contributed by atoms with Crippen LogP contribution in [0.4, 0.5) is 5.69 Å². The number of nitrogens with one attached hydrogen (secondary N) is 1. The summed E-state index contributed by atoms with van der Waals surface area (Å²) in [6.45, 7) is 2.25. The molecule has 1 N–H and O–H groups in total. The Morgan fingerprint density at radius 3 is 2.43 bits per heavy atom. The fraction of sp³-hybridized carbons (Fsp3) is 0.278. The number of halogens is 2. The molecule has 122 valence electrons. The van der Waals surface area contributed by atoms with Gasteiger partial charge in [-0.1, -0.05) is 41.9 Å². The summed E-state index contributed by atoms with van der Waals surface area (Å²) in [6.07, 6.45) is 0.906. The summed E-state index contributed by atoms with van der Waals surface area (Å²) in [7, 11) is 0. The lowest BCUT2D eigenvalue weighted by Gasteiger charge is -2.25. The van der Waals surface area contributed by atoms with E-state index in [9.17, 15) is 4.79 Å². The van der Waals surface area contributed by atoms with Gasteiger partial charge in [-0.05, 0) is 42.8 Å². The molecule has 3 rings (SSSR count). The van der Waals surface area contributed by atoms with Crippen molar-refractivity contribution in [2.45, 2.75) is 13.0 Å².